The Balaban J connectivity index is 1.67. The van der Waals surface area contributed by atoms with E-state index in [4.69, 9.17) is 16.3 Å². The molecule has 0 radical (unpaired) electrons. The number of amides is 1. The van der Waals surface area contributed by atoms with Crippen LogP contribution in [0.5, 0.6) is 5.75 Å². The van der Waals surface area contributed by atoms with E-state index in [1.54, 1.807) is 24.3 Å². The first-order chi connectivity index (χ1) is 15.0. The highest BCUT2D eigenvalue weighted by Crippen LogP contribution is 2.28. The number of benzene rings is 3. The van der Waals surface area contributed by atoms with E-state index in [0.717, 1.165) is 22.3 Å². The number of halogens is 1. The van der Waals surface area contributed by atoms with Gasteiger partial charge in [-0.1, -0.05) is 71.2 Å². The van der Waals surface area contributed by atoms with Crippen molar-refractivity contribution in [3.8, 4) is 16.9 Å². The van der Waals surface area contributed by atoms with Crippen LogP contribution in [0.1, 0.15) is 23.5 Å². The molecule has 0 heterocycles. The molecule has 0 fully saturated rings. The van der Waals surface area contributed by atoms with Gasteiger partial charge < -0.3 is 14.6 Å². The Hall–Kier alpha value is -2.67. The predicted octanol–water partition coefficient (Wildman–Crippen LogP) is 4.68. The lowest BCUT2D eigenvalue weighted by Crippen LogP contribution is -2.23. The zero-order valence-electron chi connectivity index (χ0n) is 17.0. The Morgan fingerprint density at radius 1 is 1.10 bits per heavy atom. The van der Waals surface area contributed by atoms with E-state index in [-0.39, 0.29) is 18.1 Å². The van der Waals surface area contributed by atoms with Crippen LogP contribution >= 0.6 is 11.6 Å². The number of carbonyl (C=O) groups is 1. The normalized spacial score (nSPS) is 12.7. The lowest BCUT2D eigenvalue weighted by Gasteiger charge is -2.18. The molecule has 0 bridgehead atoms. The molecule has 31 heavy (non-hydrogen) atoms. The summed E-state index contributed by atoms with van der Waals surface area (Å²) in [6.45, 7) is 0.379. The van der Waals surface area contributed by atoms with Gasteiger partial charge in [-0.05, 0) is 41.0 Å². The number of hydrogen-bond acceptors (Lipinski definition) is 4. The molecule has 1 N–H and O–H groups in total. The fraction of sp³-hybridized carbons (Fsp3) is 0.208. The molecule has 0 aliphatic rings. The first-order valence-electron chi connectivity index (χ1n) is 9.79. The van der Waals surface area contributed by atoms with Crippen LogP contribution < -0.4 is 10.1 Å². The Labute approximate surface area is 189 Å². The molecule has 3 aromatic rings. The number of carbonyl (C=O) groups excluding carboxylic acids is 1. The fourth-order valence-electron chi connectivity index (χ4n) is 3.29. The third kappa shape index (κ3) is 6.66. The second-order valence-corrected chi connectivity index (χ2v) is 8.43. The number of nitrogens with one attached hydrogen (secondary N) is 1. The number of ether oxygens (including phenoxy) is 1. The second kappa shape index (κ2) is 11.1. The van der Waals surface area contributed by atoms with Gasteiger partial charge in [-0.15, -0.1) is 0 Å². The highest BCUT2D eigenvalue weighted by atomic mass is 35.5. The molecule has 1 amide bonds. The summed E-state index contributed by atoms with van der Waals surface area (Å²) in [6.07, 6.45) is 0.111. The molecule has 2 atom stereocenters. The maximum absolute atomic E-state index is 11.7. The van der Waals surface area contributed by atoms with Crippen molar-refractivity contribution in [1.29, 1.82) is 0 Å². The van der Waals surface area contributed by atoms with Crippen molar-refractivity contribution in [1.82, 2.24) is 5.32 Å². The largest absolute Gasteiger partial charge is 0.772 e. The van der Waals surface area contributed by atoms with Crippen LogP contribution in [-0.2, 0) is 22.5 Å². The summed E-state index contributed by atoms with van der Waals surface area (Å²) >= 11 is 4.06. The quantitative estimate of drug-likeness (QED) is 0.474. The van der Waals surface area contributed by atoms with Crippen LogP contribution in [0, 0.1) is 0 Å². The molecule has 0 aliphatic heterocycles. The van der Waals surface area contributed by atoms with Crippen molar-refractivity contribution in [2.24, 2.45) is 0 Å². The molecule has 3 aromatic carbocycles. The van der Waals surface area contributed by atoms with Crippen molar-refractivity contribution in [2.45, 2.75) is 18.9 Å². The molecular weight excluding hydrogens is 434 g/mol. The smallest absolute Gasteiger partial charge is 0.220 e. The third-order valence-electron chi connectivity index (χ3n) is 4.92. The van der Waals surface area contributed by atoms with Gasteiger partial charge in [-0.3, -0.25) is 9.00 Å². The molecule has 2 unspecified atom stereocenters. The maximum Gasteiger partial charge on any atom is 0.220 e. The highest BCUT2D eigenvalue weighted by molar-refractivity contribution is 7.79. The van der Waals surface area contributed by atoms with Crippen molar-refractivity contribution in [3.63, 3.8) is 0 Å². The van der Waals surface area contributed by atoms with E-state index in [9.17, 15) is 13.6 Å². The lowest BCUT2D eigenvalue weighted by atomic mass is 9.97. The van der Waals surface area contributed by atoms with E-state index in [2.05, 4.69) is 5.32 Å². The van der Waals surface area contributed by atoms with Crippen LogP contribution in [-0.4, -0.2) is 27.5 Å². The second-order valence-electron chi connectivity index (χ2n) is 7.08. The fourth-order valence-corrected chi connectivity index (χ4v) is 4.17. The summed E-state index contributed by atoms with van der Waals surface area (Å²) < 4.78 is 28.2. The molecule has 0 saturated carbocycles. The van der Waals surface area contributed by atoms with Gasteiger partial charge >= 0.3 is 0 Å². The van der Waals surface area contributed by atoms with E-state index >= 15 is 0 Å². The molecular formula is C24H23ClNO4S-. The maximum atomic E-state index is 11.7. The number of rotatable bonds is 9. The van der Waals surface area contributed by atoms with E-state index in [1.165, 1.54) is 7.05 Å². The Kier molecular flexibility index (Phi) is 8.23. The van der Waals surface area contributed by atoms with Gasteiger partial charge in [0.1, 0.15) is 12.4 Å². The highest BCUT2D eigenvalue weighted by Gasteiger charge is 2.16. The summed E-state index contributed by atoms with van der Waals surface area (Å²) in [5.74, 6) is -0.0507. The summed E-state index contributed by atoms with van der Waals surface area (Å²) in [7, 11) is 1.53. The van der Waals surface area contributed by atoms with Gasteiger partial charge in [0.05, 0.1) is 0 Å². The first kappa shape index (κ1) is 23.0. The monoisotopic (exact) mass is 456 g/mol. The standard InChI is InChI=1S/C24H24ClNO4S/c1-26-24(27)14-20(16-31(28)29)18-9-11-21(12-10-18)30-15-17-5-4-6-19(13-17)22-7-2-3-8-23(22)25/h2-13,20H,14-16H2,1H3,(H,26,27)(H,28,29)/p-1. The minimum absolute atomic E-state index is 0.109. The number of hydrogen-bond donors (Lipinski definition) is 1. The van der Waals surface area contributed by atoms with Crippen LogP contribution in [0.2, 0.25) is 5.02 Å². The minimum Gasteiger partial charge on any atom is -0.772 e. The predicted molar refractivity (Wildman–Crippen MR) is 123 cm³/mol. The molecule has 7 heteroatoms. The Morgan fingerprint density at radius 3 is 2.52 bits per heavy atom. The molecule has 5 nitrogen and oxygen atoms in total. The van der Waals surface area contributed by atoms with Crippen molar-refractivity contribution < 1.29 is 18.3 Å². The lowest BCUT2D eigenvalue weighted by molar-refractivity contribution is -0.120. The Bertz CT molecular complexity index is 1060. The summed E-state index contributed by atoms with van der Waals surface area (Å²) in [6, 6.07) is 22.9. The third-order valence-corrected chi connectivity index (χ3v) is 5.92. The zero-order chi connectivity index (χ0) is 22.2. The van der Waals surface area contributed by atoms with Gasteiger partial charge in [-0.2, -0.15) is 0 Å². The summed E-state index contributed by atoms with van der Waals surface area (Å²) in [5.41, 5.74) is 3.76. The van der Waals surface area contributed by atoms with Crippen LogP contribution in [0.4, 0.5) is 0 Å². The molecule has 0 spiro atoms. The summed E-state index contributed by atoms with van der Waals surface area (Å²) in [5, 5.41) is 3.23. The zero-order valence-corrected chi connectivity index (χ0v) is 18.6. The van der Waals surface area contributed by atoms with Gasteiger partial charge in [0, 0.05) is 35.7 Å². The van der Waals surface area contributed by atoms with Gasteiger partial charge in [0.15, 0.2) is 0 Å². The van der Waals surface area contributed by atoms with Crippen molar-refractivity contribution >= 4 is 28.6 Å². The van der Waals surface area contributed by atoms with Crippen molar-refractivity contribution in [3.05, 3.63) is 88.9 Å². The van der Waals surface area contributed by atoms with E-state index < -0.39 is 17.0 Å². The molecule has 3 rings (SSSR count). The SMILES string of the molecule is CNC(=O)CC(CS(=O)[O-])c1ccc(OCc2cccc(-c3ccccc3Cl)c2)cc1. The van der Waals surface area contributed by atoms with Crippen LogP contribution in [0.15, 0.2) is 72.8 Å². The first-order valence-corrected chi connectivity index (χ1v) is 11.4. The van der Waals surface area contributed by atoms with Gasteiger partial charge in [0.25, 0.3) is 0 Å². The Morgan fingerprint density at radius 2 is 1.84 bits per heavy atom. The van der Waals surface area contributed by atoms with Gasteiger partial charge in [-0.25, -0.2) is 0 Å². The molecule has 0 saturated heterocycles. The van der Waals surface area contributed by atoms with E-state index in [0.29, 0.717) is 17.4 Å². The van der Waals surface area contributed by atoms with Crippen LogP contribution in [0.25, 0.3) is 11.1 Å². The van der Waals surface area contributed by atoms with E-state index in [1.807, 2.05) is 48.5 Å². The average molecular weight is 457 g/mol. The molecule has 0 aliphatic carbocycles. The van der Waals surface area contributed by atoms with Gasteiger partial charge in [0.2, 0.25) is 5.91 Å². The van der Waals surface area contributed by atoms with Crippen molar-refractivity contribution in [2.75, 3.05) is 12.8 Å². The van der Waals surface area contributed by atoms with Crippen LogP contribution in [0.3, 0.4) is 0 Å². The topological polar surface area (TPSA) is 78.5 Å². The molecule has 0 aromatic heterocycles. The summed E-state index contributed by atoms with van der Waals surface area (Å²) in [4.78, 5) is 11.7. The minimum atomic E-state index is -2.24. The molecule has 162 valence electrons. The average Bonchev–Trinajstić information content (AvgIpc) is 2.77.